The molecule has 0 spiro atoms. The highest BCUT2D eigenvalue weighted by Gasteiger charge is 2.20. The van der Waals surface area contributed by atoms with Crippen molar-refractivity contribution >= 4 is 23.3 Å². The molecule has 0 saturated carbocycles. The standard InChI is InChI=1S/C18H21N3O6/c1-5-20-11(2)8-14(12(20)3)18(23)27-10-17(22)19-15-7-6-13(26-4)9-16(15)21(24)25/h6-9H,5,10H2,1-4H3,(H,19,22). The summed E-state index contributed by atoms with van der Waals surface area (Å²) in [6.45, 7) is 5.80. The molecule has 0 aliphatic heterocycles. The predicted molar refractivity (Wildman–Crippen MR) is 98.1 cm³/mol. The van der Waals surface area contributed by atoms with Crippen molar-refractivity contribution < 1.29 is 24.0 Å². The van der Waals surface area contributed by atoms with Crippen LogP contribution < -0.4 is 10.1 Å². The first-order valence-electron chi connectivity index (χ1n) is 8.24. The molecule has 0 bridgehead atoms. The molecule has 1 heterocycles. The minimum Gasteiger partial charge on any atom is -0.496 e. The van der Waals surface area contributed by atoms with Crippen molar-refractivity contribution in [1.29, 1.82) is 0 Å². The predicted octanol–water partition coefficient (Wildman–Crippen LogP) is 2.84. The molecule has 0 fully saturated rings. The van der Waals surface area contributed by atoms with Crippen LogP contribution in [-0.2, 0) is 16.1 Å². The summed E-state index contributed by atoms with van der Waals surface area (Å²) >= 11 is 0. The molecule has 9 nitrogen and oxygen atoms in total. The number of nitrogens with one attached hydrogen (secondary N) is 1. The third-order valence-corrected chi connectivity index (χ3v) is 4.12. The lowest BCUT2D eigenvalue weighted by molar-refractivity contribution is -0.384. The molecule has 1 aromatic heterocycles. The second-order valence-electron chi connectivity index (χ2n) is 5.79. The zero-order chi connectivity index (χ0) is 20.1. The molecule has 144 valence electrons. The number of nitro groups is 1. The highest BCUT2D eigenvalue weighted by molar-refractivity contribution is 5.97. The monoisotopic (exact) mass is 375 g/mol. The van der Waals surface area contributed by atoms with E-state index in [0.29, 0.717) is 12.1 Å². The van der Waals surface area contributed by atoms with E-state index < -0.39 is 23.4 Å². The summed E-state index contributed by atoms with van der Waals surface area (Å²) in [7, 11) is 1.38. The Bertz CT molecular complexity index is 887. The van der Waals surface area contributed by atoms with Gasteiger partial charge in [-0.3, -0.25) is 14.9 Å². The van der Waals surface area contributed by atoms with Gasteiger partial charge in [0.25, 0.3) is 11.6 Å². The number of ether oxygens (including phenoxy) is 2. The summed E-state index contributed by atoms with van der Waals surface area (Å²) in [5.41, 5.74) is 1.73. The molecule has 0 atom stereocenters. The van der Waals surface area contributed by atoms with E-state index in [-0.39, 0.29) is 17.1 Å². The van der Waals surface area contributed by atoms with Gasteiger partial charge in [-0.05, 0) is 39.0 Å². The largest absolute Gasteiger partial charge is 0.496 e. The molecule has 1 aromatic carbocycles. The molecule has 27 heavy (non-hydrogen) atoms. The van der Waals surface area contributed by atoms with Crippen LogP contribution in [0.25, 0.3) is 0 Å². The normalized spacial score (nSPS) is 10.4. The second kappa shape index (κ2) is 8.35. The summed E-state index contributed by atoms with van der Waals surface area (Å²) in [5, 5.41) is 13.5. The number of aryl methyl sites for hydroxylation is 1. The zero-order valence-electron chi connectivity index (χ0n) is 15.6. The summed E-state index contributed by atoms with van der Waals surface area (Å²) in [6.07, 6.45) is 0. The Morgan fingerprint density at radius 3 is 2.52 bits per heavy atom. The van der Waals surface area contributed by atoms with Gasteiger partial charge >= 0.3 is 5.97 Å². The highest BCUT2D eigenvalue weighted by Crippen LogP contribution is 2.28. The molecular weight excluding hydrogens is 354 g/mol. The van der Waals surface area contributed by atoms with Crippen LogP contribution in [-0.4, -0.2) is 35.1 Å². The van der Waals surface area contributed by atoms with E-state index in [9.17, 15) is 19.7 Å². The van der Waals surface area contributed by atoms with E-state index in [1.54, 1.807) is 13.0 Å². The van der Waals surface area contributed by atoms with E-state index in [2.05, 4.69) is 5.32 Å². The van der Waals surface area contributed by atoms with Crippen molar-refractivity contribution in [3.05, 3.63) is 51.3 Å². The lowest BCUT2D eigenvalue weighted by atomic mass is 10.2. The smallest absolute Gasteiger partial charge is 0.340 e. The topological polar surface area (TPSA) is 113 Å². The van der Waals surface area contributed by atoms with Gasteiger partial charge in [-0.1, -0.05) is 0 Å². The molecule has 0 aliphatic rings. The number of benzene rings is 1. The van der Waals surface area contributed by atoms with Crippen molar-refractivity contribution in [2.24, 2.45) is 0 Å². The molecule has 0 saturated heterocycles. The number of hydrogen-bond donors (Lipinski definition) is 1. The maximum absolute atomic E-state index is 12.2. The van der Waals surface area contributed by atoms with Gasteiger partial charge in [0.2, 0.25) is 0 Å². The van der Waals surface area contributed by atoms with Gasteiger partial charge in [0.15, 0.2) is 6.61 Å². The van der Waals surface area contributed by atoms with Crippen molar-refractivity contribution in [3.63, 3.8) is 0 Å². The van der Waals surface area contributed by atoms with Gasteiger partial charge in [0.1, 0.15) is 11.4 Å². The lowest BCUT2D eigenvalue weighted by Crippen LogP contribution is -2.21. The number of hydrogen-bond acceptors (Lipinski definition) is 6. The first-order chi connectivity index (χ1) is 12.8. The Balaban J connectivity index is 2.05. The molecule has 2 rings (SSSR count). The molecule has 0 aliphatic carbocycles. The molecule has 1 amide bonds. The Hall–Kier alpha value is -3.36. The summed E-state index contributed by atoms with van der Waals surface area (Å²) < 4.78 is 11.9. The van der Waals surface area contributed by atoms with Crippen LogP contribution in [0.1, 0.15) is 28.7 Å². The number of anilines is 1. The fourth-order valence-corrected chi connectivity index (χ4v) is 2.78. The number of nitro benzene ring substituents is 1. The van der Waals surface area contributed by atoms with Crippen molar-refractivity contribution in [2.45, 2.75) is 27.3 Å². The Morgan fingerprint density at radius 1 is 1.26 bits per heavy atom. The SMILES string of the molecule is CCn1c(C)cc(C(=O)OCC(=O)Nc2ccc(OC)cc2[N+](=O)[O-])c1C. The van der Waals surface area contributed by atoms with E-state index in [1.807, 2.05) is 18.4 Å². The summed E-state index contributed by atoms with van der Waals surface area (Å²) in [5.74, 6) is -1.01. The summed E-state index contributed by atoms with van der Waals surface area (Å²) in [6, 6.07) is 5.73. The maximum atomic E-state index is 12.2. The number of carbonyl (C=O) groups is 2. The fraction of sp³-hybridized carbons (Fsp3) is 0.333. The van der Waals surface area contributed by atoms with Crippen LogP contribution in [0.3, 0.4) is 0 Å². The van der Waals surface area contributed by atoms with Crippen LogP contribution in [0, 0.1) is 24.0 Å². The number of esters is 1. The first kappa shape index (κ1) is 20.0. The third-order valence-electron chi connectivity index (χ3n) is 4.12. The van der Waals surface area contributed by atoms with E-state index in [0.717, 1.165) is 11.4 Å². The van der Waals surface area contributed by atoms with Crippen LogP contribution in [0.2, 0.25) is 0 Å². The van der Waals surface area contributed by atoms with E-state index >= 15 is 0 Å². The minimum atomic E-state index is -0.680. The van der Waals surface area contributed by atoms with Gasteiger partial charge in [0.05, 0.1) is 23.7 Å². The van der Waals surface area contributed by atoms with E-state index in [4.69, 9.17) is 9.47 Å². The summed E-state index contributed by atoms with van der Waals surface area (Å²) in [4.78, 5) is 34.8. The number of methoxy groups -OCH3 is 1. The van der Waals surface area contributed by atoms with Crippen LogP contribution in [0.15, 0.2) is 24.3 Å². The highest BCUT2D eigenvalue weighted by atomic mass is 16.6. The quantitative estimate of drug-likeness (QED) is 0.452. The van der Waals surface area contributed by atoms with Crippen molar-refractivity contribution in [1.82, 2.24) is 4.57 Å². The van der Waals surface area contributed by atoms with Gasteiger partial charge < -0.3 is 19.4 Å². The first-order valence-corrected chi connectivity index (χ1v) is 8.24. The lowest BCUT2D eigenvalue weighted by Gasteiger charge is -2.09. The van der Waals surface area contributed by atoms with Crippen LogP contribution >= 0.6 is 0 Å². The van der Waals surface area contributed by atoms with Crippen molar-refractivity contribution in [3.8, 4) is 5.75 Å². The Kier molecular flexibility index (Phi) is 6.17. The minimum absolute atomic E-state index is 0.00832. The molecule has 1 N–H and O–H groups in total. The van der Waals surface area contributed by atoms with Crippen LogP contribution in [0.5, 0.6) is 5.75 Å². The van der Waals surface area contributed by atoms with Gasteiger partial charge in [-0.2, -0.15) is 0 Å². The molecule has 0 unspecified atom stereocenters. The van der Waals surface area contributed by atoms with Crippen LogP contribution in [0.4, 0.5) is 11.4 Å². The average molecular weight is 375 g/mol. The molecule has 2 aromatic rings. The maximum Gasteiger partial charge on any atom is 0.340 e. The number of aromatic nitrogens is 1. The number of amides is 1. The number of carbonyl (C=O) groups excluding carboxylic acids is 2. The van der Waals surface area contributed by atoms with E-state index in [1.165, 1.54) is 25.3 Å². The molecular formula is C18H21N3O6. The number of nitrogens with zero attached hydrogens (tertiary/aromatic N) is 2. The molecule has 0 radical (unpaired) electrons. The number of rotatable bonds is 7. The second-order valence-corrected chi connectivity index (χ2v) is 5.79. The third kappa shape index (κ3) is 4.43. The van der Waals surface area contributed by atoms with Gasteiger partial charge in [-0.15, -0.1) is 0 Å². The fourth-order valence-electron chi connectivity index (χ4n) is 2.78. The Labute approximate surface area is 156 Å². The molecule has 9 heteroatoms. The Morgan fingerprint density at radius 2 is 1.96 bits per heavy atom. The van der Waals surface area contributed by atoms with Crippen molar-refractivity contribution in [2.75, 3.05) is 19.0 Å². The average Bonchev–Trinajstić information content (AvgIpc) is 2.93. The van der Waals surface area contributed by atoms with Gasteiger partial charge in [-0.25, -0.2) is 4.79 Å². The van der Waals surface area contributed by atoms with Gasteiger partial charge in [0, 0.05) is 17.9 Å². The zero-order valence-corrected chi connectivity index (χ0v) is 15.6.